The number of quaternary nitrogens is 1. The van der Waals surface area contributed by atoms with E-state index in [1.54, 1.807) is 10.6 Å². The van der Waals surface area contributed by atoms with E-state index in [2.05, 4.69) is 65.1 Å². The Hall–Kier alpha value is -1.13. The van der Waals surface area contributed by atoms with Gasteiger partial charge in [0.2, 0.25) is 0 Å². The van der Waals surface area contributed by atoms with Gasteiger partial charge in [-0.15, -0.1) is 0 Å². The van der Waals surface area contributed by atoms with Gasteiger partial charge < -0.3 is 4.90 Å². The lowest BCUT2D eigenvalue weighted by atomic mass is 9.82. The highest BCUT2D eigenvalue weighted by Gasteiger charge is 2.51. The van der Waals surface area contributed by atoms with Gasteiger partial charge in [-0.1, -0.05) is 56.4 Å². The number of para-hydroxylation sites is 1. The number of rotatable bonds is 3. The molecule has 1 aliphatic carbocycles. The Morgan fingerprint density at radius 1 is 0.967 bits per heavy atom. The van der Waals surface area contributed by atoms with Crippen molar-refractivity contribution in [3.8, 4) is 0 Å². The molecule has 0 spiro atoms. The molecule has 0 bridgehead atoms. The standard InChI is InChI=1S/C24H35N4PS/c1-24(2)18-21-23(22(19-24)26-14-8-4-9-15-26)29(30,27-16-10-5-11-17-27)28(25-21)20-12-6-3-7-13-20/h3,6-7,12-13,18,25H,4-5,8-11,14-17,19H2,1-2H3/p+1/t29-/m1/s1. The first-order valence-corrected chi connectivity index (χ1v) is 14.5. The number of hydrogen-bond donors (Lipinski definition) is 2. The van der Waals surface area contributed by atoms with E-state index in [9.17, 15) is 0 Å². The van der Waals surface area contributed by atoms with E-state index in [1.807, 2.05) is 0 Å². The Balaban J connectivity index is 1.68. The van der Waals surface area contributed by atoms with Gasteiger partial charge in [0.25, 0.3) is 0 Å². The molecule has 4 nitrogen and oxygen atoms in total. The van der Waals surface area contributed by atoms with Crippen LogP contribution in [0.25, 0.3) is 0 Å². The van der Waals surface area contributed by atoms with Crippen LogP contribution < -0.4 is 15.1 Å². The summed E-state index contributed by atoms with van der Waals surface area (Å²) in [6.07, 6.45) is 9.44. The quantitative estimate of drug-likeness (QED) is 0.676. The SMILES string of the molecule is CC1(C)C=C2NN(c3ccccc3)[P@](=S)(N3CCCCC3)C2=C([NH+]2CCCCC2)C1. The van der Waals surface area contributed by atoms with Crippen molar-refractivity contribution >= 4 is 23.8 Å². The van der Waals surface area contributed by atoms with Crippen molar-refractivity contribution in [2.24, 2.45) is 5.41 Å². The molecule has 162 valence electrons. The van der Waals surface area contributed by atoms with Crippen LogP contribution in [0.5, 0.6) is 0 Å². The number of fused-ring (bicyclic) bond motifs is 1. The van der Waals surface area contributed by atoms with Crippen molar-refractivity contribution in [3.05, 3.63) is 53.1 Å². The van der Waals surface area contributed by atoms with Gasteiger partial charge in [-0.05, 0) is 49.7 Å². The molecular weight excluding hydrogens is 407 g/mol. The fraction of sp³-hybridized carbons (Fsp3) is 0.583. The molecule has 5 rings (SSSR count). The summed E-state index contributed by atoms with van der Waals surface area (Å²) in [6.45, 7) is 9.57. The van der Waals surface area contributed by atoms with E-state index in [0.29, 0.717) is 0 Å². The number of nitrogens with one attached hydrogen (secondary N) is 2. The van der Waals surface area contributed by atoms with Gasteiger partial charge in [0.15, 0.2) is 6.34 Å². The summed E-state index contributed by atoms with van der Waals surface area (Å²) in [5, 5.41) is 1.50. The maximum atomic E-state index is 6.80. The average molecular weight is 444 g/mol. The fourth-order valence-electron chi connectivity index (χ4n) is 5.69. The molecule has 0 aromatic heterocycles. The van der Waals surface area contributed by atoms with Gasteiger partial charge >= 0.3 is 0 Å². The zero-order valence-corrected chi connectivity index (χ0v) is 20.2. The van der Waals surface area contributed by atoms with E-state index in [0.717, 1.165) is 19.5 Å². The topological polar surface area (TPSA) is 22.9 Å². The van der Waals surface area contributed by atoms with Crippen LogP contribution in [-0.2, 0) is 11.8 Å². The van der Waals surface area contributed by atoms with Crippen LogP contribution in [0.3, 0.4) is 0 Å². The molecule has 1 atom stereocenters. The van der Waals surface area contributed by atoms with Crippen LogP contribution >= 0.6 is 6.34 Å². The summed E-state index contributed by atoms with van der Waals surface area (Å²) in [6, 6.07) is 10.8. The van der Waals surface area contributed by atoms with Crippen LogP contribution in [0.4, 0.5) is 5.69 Å². The van der Waals surface area contributed by atoms with Gasteiger partial charge in [-0.2, -0.15) is 0 Å². The lowest BCUT2D eigenvalue weighted by Crippen LogP contribution is -3.11. The van der Waals surface area contributed by atoms with Crippen molar-refractivity contribution in [2.45, 2.75) is 58.8 Å². The fourth-order valence-corrected chi connectivity index (χ4v) is 10.5. The largest absolute Gasteiger partial charge is 0.305 e. The Labute approximate surface area is 187 Å². The number of anilines is 1. The molecule has 3 saturated heterocycles. The van der Waals surface area contributed by atoms with E-state index < -0.39 is 6.34 Å². The molecule has 1 aromatic rings. The van der Waals surface area contributed by atoms with Crippen LogP contribution in [0.15, 0.2) is 53.1 Å². The second-order valence-electron chi connectivity index (χ2n) is 10.0. The molecule has 3 fully saturated rings. The zero-order chi connectivity index (χ0) is 20.8. The number of hydrogen-bond acceptors (Lipinski definition) is 2. The van der Waals surface area contributed by atoms with Gasteiger partial charge in [0.05, 0.1) is 24.5 Å². The summed E-state index contributed by atoms with van der Waals surface area (Å²) in [5.41, 5.74) is 8.15. The summed E-state index contributed by atoms with van der Waals surface area (Å²) in [4.78, 5) is 1.71. The number of piperidine rings is 2. The third-order valence-corrected chi connectivity index (χ3v) is 12.0. The second-order valence-corrected chi connectivity index (χ2v) is 14.1. The van der Waals surface area contributed by atoms with Crippen LogP contribution in [0, 0.1) is 5.41 Å². The highest BCUT2D eigenvalue weighted by Crippen LogP contribution is 2.69. The number of hydrazine groups is 1. The molecule has 3 aliphatic heterocycles. The second kappa shape index (κ2) is 8.09. The third-order valence-electron chi connectivity index (χ3n) is 7.10. The average Bonchev–Trinajstić information content (AvgIpc) is 3.07. The molecule has 6 heteroatoms. The number of nitrogens with zero attached hydrogens (tertiary/aromatic N) is 2. The van der Waals surface area contributed by atoms with Gasteiger partial charge in [0, 0.05) is 19.5 Å². The van der Waals surface area contributed by atoms with Gasteiger partial charge in [-0.25, -0.2) is 4.78 Å². The molecule has 0 amide bonds. The van der Waals surface area contributed by atoms with E-state index >= 15 is 0 Å². The number of likely N-dealkylation sites (tertiary alicyclic amines) is 1. The molecule has 3 heterocycles. The van der Waals surface area contributed by atoms with E-state index in [4.69, 9.17) is 11.8 Å². The molecule has 1 aromatic carbocycles. The minimum Gasteiger partial charge on any atom is -0.305 e. The summed E-state index contributed by atoms with van der Waals surface area (Å²) < 4.78 is 5.09. The summed E-state index contributed by atoms with van der Waals surface area (Å²) >= 11 is 6.80. The Kier molecular flexibility index (Phi) is 5.60. The summed E-state index contributed by atoms with van der Waals surface area (Å²) in [5.74, 6) is 0. The molecule has 0 unspecified atom stereocenters. The molecule has 30 heavy (non-hydrogen) atoms. The maximum Gasteiger partial charge on any atom is 0.156 e. The van der Waals surface area contributed by atoms with Gasteiger partial charge in [-0.3, -0.25) is 10.1 Å². The first-order valence-electron chi connectivity index (χ1n) is 11.8. The molecule has 4 aliphatic rings. The predicted molar refractivity (Wildman–Crippen MR) is 130 cm³/mol. The Morgan fingerprint density at radius 3 is 2.33 bits per heavy atom. The predicted octanol–water partition coefficient (Wildman–Crippen LogP) is 4.40. The highest BCUT2D eigenvalue weighted by atomic mass is 32.4. The number of benzene rings is 1. The van der Waals surface area contributed by atoms with Crippen molar-refractivity contribution < 1.29 is 4.90 Å². The first-order chi connectivity index (χ1) is 14.5. The first kappa shape index (κ1) is 20.8. The van der Waals surface area contributed by atoms with E-state index in [-0.39, 0.29) is 5.41 Å². The lowest BCUT2D eigenvalue weighted by molar-refractivity contribution is -0.868. The molecule has 0 saturated carbocycles. The van der Waals surface area contributed by atoms with Gasteiger partial charge in [0.1, 0.15) is 11.0 Å². The molecule has 0 radical (unpaired) electrons. The van der Waals surface area contributed by atoms with E-state index in [1.165, 1.54) is 68.3 Å². The van der Waals surface area contributed by atoms with Crippen molar-refractivity contribution in [2.75, 3.05) is 31.0 Å². The minimum absolute atomic E-state index is 0.167. The zero-order valence-electron chi connectivity index (χ0n) is 18.5. The molecular formula is C24H36N4PS+. The van der Waals surface area contributed by atoms with Crippen molar-refractivity contribution in [3.63, 3.8) is 0 Å². The van der Waals surface area contributed by atoms with Crippen LogP contribution in [-0.4, -0.2) is 30.8 Å². The lowest BCUT2D eigenvalue weighted by Gasteiger charge is -2.42. The minimum atomic E-state index is -2.11. The van der Waals surface area contributed by atoms with Crippen LogP contribution in [0.1, 0.15) is 58.8 Å². The smallest absolute Gasteiger partial charge is 0.156 e. The third kappa shape index (κ3) is 3.58. The highest BCUT2D eigenvalue weighted by molar-refractivity contribution is 8.16. The van der Waals surface area contributed by atoms with Crippen molar-refractivity contribution in [1.82, 2.24) is 10.1 Å². The van der Waals surface area contributed by atoms with Crippen LogP contribution in [0.2, 0.25) is 0 Å². The Bertz CT molecular complexity index is 895. The van der Waals surface area contributed by atoms with Crippen molar-refractivity contribution in [1.29, 1.82) is 0 Å². The summed E-state index contributed by atoms with van der Waals surface area (Å²) in [7, 11) is 0. The maximum absolute atomic E-state index is 6.80. The normalized spacial score (nSPS) is 30.1. The molecule has 2 N–H and O–H groups in total. The monoisotopic (exact) mass is 443 g/mol. The number of allylic oxidation sites excluding steroid dienone is 3. The Morgan fingerprint density at radius 2 is 1.63 bits per heavy atom.